The summed E-state index contributed by atoms with van der Waals surface area (Å²) in [6.07, 6.45) is 5.76. The topological polar surface area (TPSA) is 150 Å². The number of ether oxygens (including phenoxy) is 1. The molecule has 0 fully saturated rings. The number of fused-ring (bicyclic) bond motifs is 8. The maximum atomic E-state index is 14.1. The fourth-order valence-electron chi connectivity index (χ4n) is 7.68. The van der Waals surface area contributed by atoms with E-state index in [2.05, 4.69) is 62.0 Å². The number of nitrogens with one attached hydrogen (secondary N) is 3. The highest BCUT2D eigenvalue weighted by Gasteiger charge is 2.35. The first-order valence-corrected chi connectivity index (χ1v) is 18.5. The molecule has 0 saturated carbocycles. The molecule has 1 amide bonds. The number of carbonyl (C=O) groups excluding carboxylic acids is 2. The average Bonchev–Trinajstić information content (AvgIpc) is 3.78. The minimum atomic E-state index is -0.908. The molecular formula is C41H53N5O5. The van der Waals surface area contributed by atoms with Gasteiger partial charge in [0.1, 0.15) is 0 Å². The Morgan fingerprint density at radius 2 is 1.51 bits per heavy atom. The van der Waals surface area contributed by atoms with Gasteiger partial charge < -0.3 is 25.1 Å². The van der Waals surface area contributed by atoms with Gasteiger partial charge in [-0.05, 0) is 92.5 Å². The van der Waals surface area contributed by atoms with Crippen molar-refractivity contribution in [1.29, 1.82) is 0 Å². The molecular weight excluding hydrogens is 642 g/mol. The number of hydrogen-bond acceptors (Lipinski definition) is 6. The van der Waals surface area contributed by atoms with Crippen LogP contribution in [-0.4, -0.2) is 56.5 Å². The number of aromatic nitrogens is 4. The molecule has 2 aliphatic heterocycles. The summed E-state index contributed by atoms with van der Waals surface area (Å²) in [6.45, 7) is 15.1. The molecule has 3 aromatic rings. The lowest BCUT2D eigenvalue weighted by molar-refractivity contribution is -0.140. The SMILES string of the molecule is CCCCCCNC(=O)C1=C(C)c2cc3[nH]c(cc4[nH]c(cc5nc(c(CC(=O)OC)c1n2)C(CCC(=O)O)C5C)c(C)c4CC)c(C)c3CC. The largest absolute Gasteiger partial charge is 0.481 e. The summed E-state index contributed by atoms with van der Waals surface area (Å²) < 4.78 is 5.19. The van der Waals surface area contributed by atoms with Crippen molar-refractivity contribution >= 4 is 51.1 Å². The molecule has 4 N–H and O–H groups in total. The number of methoxy groups -OCH3 is 1. The van der Waals surface area contributed by atoms with E-state index in [0.717, 1.165) is 83.0 Å². The Morgan fingerprint density at radius 1 is 0.863 bits per heavy atom. The monoisotopic (exact) mass is 695 g/mol. The molecule has 10 nitrogen and oxygen atoms in total. The van der Waals surface area contributed by atoms with Crippen molar-refractivity contribution in [3.63, 3.8) is 0 Å². The molecule has 2 atom stereocenters. The first-order chi connectivity index (χ1) is 24.4. The number of aryl methyl sites for hydroxylation is 4. The molecule has 0 aromatic carbocycles. The summed E-state index contributed by atoms with van der Waals surface area (Å²) >= 11 is 0. The van der Waals surface area contributed by atoms with E-state index in [1.165, 1.54) is 12.7 Å². The number of amides is 1. The van der Waals surface area contributed by atoms with Gasteiger partial charge in [-0.25, -0.2) is 4.98 Å². The number of H-pyrrole nitrogens is 2. The number of aromatic amines is 2. The number of rotatable bonds is 13. The second-order valence-electron chi connectivity index (χ2n) is 13.9. The van der Waals surface area contributed by atoms with E-state index >= 15 is 0 Å². The second kappa shape index (κ2) is 16.1. The highest BCUT2D eigenvalue weighted by molar-refractivity contribution is 6.27. The van der Waals surface area contributed by atoms with Crippen molar-refractivity contribution in [1.82, 2.24) is 25.3 Å². The minimum Gasteiger partial charge on any atom is -0.481 e. The predicted octanol–water partition coefficient (Wildman–Crippen LogP) is 8.15. The zero-order chi connectivity index (χ0) is 37.0. The Balaban J connectivity index is 1.93. The van der Waals surface area contributed by atoms with Crippen molar-refractivity contribution in [3.8, 4) is 0 Å². The van der Waals surface area contributed by atoms with Crippen molar-refractivity contribution in [2.24, 2.45) is 0 Å². The summed E-state index contributed by atoms with van der Waals surface area (Å²) in [5.41, 5.74) is 12.4. The summed E-state index contributed by atoms with van der Waals surface area (Å²) in [4.78, 5) is 56.9. The summed E-state index contributed by atoms with van der Waals surface area (Å²) in [5, 5.41) is 12.9. The van der Waals surface area contributed by atoms with Crippen LogP contribution in [0.3, 0.4) is 0 Å². The summed E-state index contributed by atoms with van der Waals surface area (Å²) in [6, 6.07) is 6.22. The fourth-order valence-corrected chi connectivity index (χ4v) is 7.68. The standard InChI is InChI=1S/C41H53N5O5/c1-9-12-13-14-17-42-41(50)38-25(7)33-21-35-27(11-3)23(5)31(44-35)20-34-26(10-2)22(4)30(43-34)19-32-24(6)28(15-16-36(47)48)39(45-32)29(40(38)46-33)18-37(49)51-8/h19-21,24,28,43-44H,9-18H2,1-8H3,(H,42,50)(H,47,48). The number of hydrogen-bond donors (Lipinski definition) is 4. The first kappa shape index (κ1) is 37.5. The van der Waals surface area contributed by atoms with E-state index in [4.69, 9.17) is 14.7 Å². The Labute approximate surface area is 300 Å². The lowest BCUT2D eigenvalue weighted by atomic mass is 9.84. The Hall–Kier alpha value is -4.73. The third kappa shape index (κ3) is 7.65. The average molecular weight is 696 g/mol. The van der Waals surface area contributed by atoms with Crippen molar-refractivity contribution in [2.45, 2.75) is 118 Å². The summed E-state index contributed by atoms with van der Waals surface area (Å²) in [5.74, 6) is -2.16. The normalized spacial score (nSPS) is 15.7. The van der Waals surface area contributed by atoms with Gasteiger partial charge in [0.15, 0.2) is 0 Å². The lowest BCUT2D eigenvalue weighted by Gasteiger charge is -2.18. The lowest BCUT2D eigenvalue weighted by Crippen LogP contribution is -2.26. The van der Waals surface area contributed by atoms with Crippen LogP contribution in [0.2, 0.25) is 0 Å². The molecule has 0 radical (unpaired) electrons. The van der Waals surface area contributed by atoms with E-state index < -0.39 is 11.9 Å². The third-order valence-electron chi connectivity index (χ3n) is 10.7. The van der Waals surface area contributed by atoms with Crippen LogP contribution in [0.25, 0.3) is 33.2 Å². The quantitative estimate of drug-likeness (QED) is 0.104. The number of carbonyl (C=O) groups is 3. The van der Waals surface area contributed by atoms with Crippen LogP contribution >= 0.6 is 0 Å². The maximum absolute atomic E-state index is 14.1. The number of nitrogens with zero attached hydrogens (tertiary/aromatic N) is 2. The van der Waals surface area contributed by atoms with Gasteiger partial charge in [-0.2, -0.15) is 0 Å². The van der Waals surface area contributed by atoms with Gasteiger partial charge in [-0.15, -0.1) is 0 Å². The van der Waals surface area contributed by atoms with Gasteiger partial charge in [-0.3, -0.25) is 19.4 Å². The van der Waals surface area contributed by atoms with E-state index in [1.54, 1.807) is 0 Å². The molecule has 51 heavy (non-hydrogen) atoms. The van der Waals surface area contributed by atoms with Crippen molar-refractivity contribution < 1.29 is 24.2 Å². The van der Waals surface area contributed by atoms with Crippen LogP contribution < -0.4 is 5.32 Å². The van der Waals surface area contributed by atoms with E-state index in [0.29, 0.717) is 46.8 Å². The fraction of sp³-hybridized carbons (Fsp3) is 0.488. The molecule has 8 bridgehead atoms. The van der Waals surface area contributed by atoms with Crippen molar-refractivity contribution in [3.05, 3.63) is 68.8 Å². The number of esters is 1. The van der Waals surface area contributed by atoms with Gasteiger partial charge in [0.2, 0.25) is 0 Å². The molecule has 2 aliphatic rings. The number of aliphatic carboxylic acids is 1. The molecule has 5 heterocycles. The summed E-state index contributed by atoms with van der Waals surface area (Å²) in [7, 11) is 1.34. The van der Waals surface area contributed by atoms with Crippen LogP contribution in [0.5, 0.6) is 0 Å². The van der Waals surface area contributed by atoms with Gasteiger partial charge in [0, 0.05) is 58.1 Å². The predicted molar refractivity (Wildman–Crippen MR) is 203 cm³/mol. The molecule has 0 aliphatic carbocycles. The molecule has 272 valence electrons. The first-order valence-electron chi connectivity index (χ1n) is 18.5. The number of carboxylic acid groups (broad SMARTS) is 1. The van der Waals surface area contributed by atoms with Crippen LogP contribution in [0.4, 0.5) is 0 Å². The Morgan fingerprint density at radius 3 is 2.12 bits per heavy atom. The molecule has 5 rings (SSSR count). The maximum Gasteiger partial charge on any atom is 0.310 e. The third-order valence-corrected chi connectivity index (χ3v) is 10.7. The number of carboxylic acids is 1. The van der Waals surface area contributed by atoms with Crippen LogP contribution in [0.15, 0.2) is 18.2 Å². The molecule has 0 saturated heterocycles. The molecule has 3 aromatic heterocycles. The van der Waals surface area contributed by atoms with Gasteiger partial charge >= 0.3 is 11.9 Å². The highest BCUT2D eigenvalue weighted by Crippen LogP contribution is 2.44. The number of allylic oxidation sites excluding steroid dienone is 1. The zero-order valence-corrected chi connectivity index (χ0v) is 31.4. The smallest absolute Gasteiger partial charge is 0.310 e. The number of unbranched alkanes of at least 4 members (excludes halogenated alkanes) is 3. The van der Waals surface area contributed by atoms with E-state index in [1.807, 2.05) is 19.9 Å². The zero-order valence-electron chi connectivity index (χ0n) is 31.4. The van der Waals surface area contributed by atoms with E-state index in [-0.39, 0.29) is 30.6 Å². The van der Waals surface area contributed by atoms with Crippen LogP contribution in [0, 0.1) is 13.8 Å². The van der Waals surface area contributed by atoms with E-state index in [9.17, 15) is 19.5 Å². The van der Waals surface area contributed by atoms with Gasteiger partial charge in [0.25, 0.3) is 5.91 Å². The van der Waals surface area contributed by atoms with Crippen LogP contribution in [0.1, 0.15) is 136 Å². The second-order valence-corrected chi connectivity index (χ2v) is 13.9. The molecule has 10 heteroatoms. The minimum absolute atomic E-state index is 0.0703. The molecule has 2 unspecified atom stereocenters. The highest BCUT2D eigenvalue weighted by atomic mass is 16.5. The van der Waals surface area contributed by atoms with Gasteiger partial charge in [-0.1, -0.05) is 47.0 Å². The van der Waals surface area contributed by atoms with Crippen LogP contribution in [-0.2, 0) is 38.4 Å². The molecule has 0 spiro atoms. The Kier molecular flexibility index (Phi) is 11.8. The van der Waals surface area contributed by atoms with Gasteiger partial charge in [0.05, 0.1) is 36.2 Å². The Bertz CT molecular complexity index is 2040. The van der Waals surface area contributed by atoms with Crippen molar-refractivity contribution in [2.75, 3.05) is 13.7 Å².